The van der Waals surface area contributed by atoms with Gasteiger partial charge in [0, 0.05) is 12.6 Å². The van der Waals surface area contributed by atoms with E-state index in [4.69, 9.17) is 16.3 Å². The fourth-order valence-corrected chi connectivity index (χ4v) is 2.59. The van der Waals surface area contributed by atoms with Crippen molar-refractivity contribution in [2.45, 2.75) is 6.54 Å². The van der Waals surface area contributed by atoms with Crippen molar-refractivity contribution in [2.75, 3.05) is 12.4 Å². The second-order valence-corrected chi connectivity index (χ2v) is 5.24. The number of hydrogen-bond donors (Lipinski definition) is 1. The fourth-order valence-electron chi connectivity index (χ4n) is 2.40. The molecule has 0 heterocycles. The monoisotopic (exact) mass is 297 g/mol. The van der Waals surface area contributed by atoms with Crippen molar-refractivity contribution < 1.29 is 4.74 Å². The molecule has 1 N–H and O–H groups in total. The van der Waals surface area contributed by atoms with Crippen LogP contribution in [0.1, 0.15) is 5.56 Å². The van der Waals surface area contributed by atoms with Crippen LogP contribution in [0.5, 0.6) is 5.75 Å². The summed E-state index contributed by atoms with van der Waals surface area (Å²) in [4.78, 5) is 0. The molecule has 3 heteroatoms. The Morgan fingerprint density at radius 1 is 1.00 bits per heavy atom. The van der Waals surface area contributed by atoms with E-state index in [-0.39, 0.29) is 0 Å². The molecule has 3 aromatic carbocycles. The van der Waals surface area contributed by atoms with Crippen molar-refractivity contribution in [2.24, 2.45) is 0 Å². The van der Waals surface area contributed by atoms with Crippen molar-refractivity contribution in [3.63, 3.8) is 0 Å². The number of halogens is 1. The molecule has 0 aromatic heterocycles. The van der Waals surface area contributed by atoms with Crippen molar-refractivity contribution in [3.05, 3.63) is 71.2 Å². The summed E-state index contributed by atoms with van der Waals surface area (Å²) in [6.07, 6.45) is 0. The molecule has 0 saturated heterocycles. The van der Waals surface area contributed by atoms with Crippen LogP contribution in [0.3, 0.4) is 0 Å². The van der Waals surface area contributed by atoms with Gasteiger partial charge in [-0.1, -0.05) is 54.1 Å². The van der Waals surface area contributed by atoms with Crippen LogP contribution in [0, 0.1) is 0 Å². The lowest BCUT2D eigenvalue weighted by atomic mass is 10.0. The van der Waals surface area contributed by atoms with E-state index >= 15 is 0 Å². The number of methoxy groups -OCH3 is 1. The van der Waals surface area contributed by atoms with Gasteiger partial charge in [-0.3, -0.25) is 0 Å². The number of rotatable bonds is 4. The average Bonchev–Trinajstić information content (AvgIpc) is 2.54. The molecule has 0 fully saturated rings. The lowest BCUT2D eigenvalue weighted by Crippen LogP contribution is -2.01. The third kappa shape index (κ3) is 2.96. The molecule has 106 valence electrons. The Morgan fingerprint density at radius 3 is 2.67 bits per heavy atom. The van der Waals surface area contributed by atoms with E-state index < -0.39 is 0 Å². The molecule has 3 rings (SSSR count). The smallest absolute Gasteiger partial charge is 0.121 e. The molecule has 0 radical (unpaired) electrons. The zero-order valence-electron chi connectivity index (χ0n) is 11.8. The Labute approximate surface area is 129 Å². The van der Waals surface area contributed by atoms with Gasteiger partial charge in [-0.15, -0.1) is 0 Å². The summed E-state index contributed by atoms with van der Waals surface area (Å²) in [6.45, 7) is 0.717. The molecule has 0 unspecified atom stereocenters. The summed E-state index contributed by atoms with van der Waals surface area (Å²) in [5, 5.41) is 6.57. The third-order valence-electron chi connectivity index (χ3n) is 3.52. The molecule has 0 atom stereocenters. The molecular weight excluding hydrogens is 282 g/mol. The Kier molecular flexibility index (Phi) is 3.98. The molecule has 0 spiro atoms. The minimum atomic E-state index is 0.691. The molecule has 2 nitrogen and oxygen atoms in total. The van der Waals surface area contributed by atoms with E-state index in [1.807, 2.05) is 18.2 Å². The molecule has 0 saturated carbocycles. The maximum absolute atomic E-state index is 6.22. The largest absolute Gasteiger partial charge is 0.497 e. The highest BCUT2D eigenvalue weighted by Gasteiger charge is 2.04. The molecule has 0 amide bonds. The van der Waals surface area contributed by atoms with Gasteiger partial charge in [-0.05, 0) is 28.5 Å². The third-order valence-corrected chi connectivity index (χ3v) is 3.85. The summed E-state index contributed by atoms with van der Waals surface area (Å²) in [7, 11) is 1.65. The first kappa shape index (κ1) is 13.8. The standard InChI is InChI=1S/C18H16ClNO/c1-21-15-9-10-17(19)18(11-15)20-12-14-7-4-6-13-5-2-3-8-16(13)14/h2-11,20H,12H2,1H3. The minimum absolute atomic E-state index is 0.691. The van der Waals surface area contributed by atoms with E-state index in [0.717, 1.165) is 11.4 Å². The molecule has 0 bridgehead atoms. The maximum Gasteiger partial charge on any atom is 0.121 e. The van der Waals surface area contributed by atoms with Crippen LogP contribution in [-0.4, -0.2) is 7.11 Å². The van der Waals surface area contributed by atoms with E-state index in [2.05, 4.69) is 47.8 Å². The van der Waals surface area contributed by atoms with Crippen LogP contribution in [0.4, 0.5) is 5.69 Å². The lowest BCUT2D eigenvalue weighted by Gasteiger charge is -2.12. The Morgan fingerprint density at radius 2 is 1.81 bits per heavy atom. The van der Waals surface area contributed by atoms with Gasteiger partial charge in [0.2, 0.25) is 0 Å². The Balaban J connectivity index is 1.87. The van der Waals surface area contributed by atoms with Gasteiger partial charge < -0.3 is 10.1 Å². The van der Waals surface area contributed by atoms with Gasteiger partial charge >= 0.3 is 0 Å². The summed E-state index contributed by atoms with van der Waals surface area (Å²) in [5.41, 5.74) is 2.12. The molecule has 21 heavy (non-hydrogen) atoms. The van der Waals surface area contributed by atoms with Crippen molar-refractivity contribution in [1.29, 1.82) is 0 Å². The first-order valence-electron chi connectivity index (χ1n) is 6.82. The van der Waals surface area contributed by atoms with Gasteiger partial charge in [0.15, 0.2) is 0 Å². The fraction of sp³-hybridized carbons (Fsp3) is 0.111. The highest BCUT2D eigenvalue weighted by atomic mass is 35.5. The summed E-state index contributed by atoms with van der Waals surface area (Å²) < 4.78 is 5.23. The summed E-state index contributed by atoms with van der Waals surface area (Å²) in [5.74, 6) is 0.791. The van der Waals surface area contributed by atoms with Crippen LogP contribution >= 0.6 is 11.6 Å². The molecular formula is C18H16ClNO. The molecule has 3 aromatic rings. The van der Waals surface area contributed by atoms with Crippen molar-refractivity contribution >= 4 is 28.1 Å². The number of nitrogens with one attached hydrogen (secondary N) is 1. The molecule has 0 aliphatic carbocycles. The maximum atomic E-state index is 6.22. The molecule has 0 aliphatic heterocycles. The van der Waals surface area contributed by atoms with Crippen LogP contribution < -0.4 is 10.1 Å². The quantitative estimate of drug-likeness (QED) is 0.722. The predicted octanol–water partition coefficient (Wildman–Crippen LogP) is 5.11. The van der Waals surface area contributed by atoms with Crippen LogP contribution in [0.25, 0.3) is 10.8 Å². The first-order valence-corrected chi connectivity index (χ1v) is 7.20. The second kappa shape index (κ2) is 6.06. The van der Waals surface area contributed by atoms with Crippen molar-refractivity contribution in [3.8, 4) is 5.75 Å². The predicted molar refractivity (Wildman–Crippen MR) is 89.3 cm³/mol. The van der Waals surface area contributed by atoms with Gasteiger partial charge in [0.25, 0.3) is 0 Å². The van der Waals surface area contributed by atoms with E-state index in [9.17, 15) is 0 Å². The zero-order valence-corrected chi connectivity index (χ0v) is 12.5. The van der Waals surface area contributed by atoms with Crippen LogP contribution in [0.15, 0.2) is 60.7 Å². The minimum Gasteiger partial charge on any atom is -0.497 e. The SMILES string of the molecule is COc1ccc(Cl)c(NCc2cccc3ccccc23)c1. The Hall–Kier alpha value is -2.19. The highest BCUT2D eigenvalue weighted by Crippen LogP contribution is 2.28. The van der Waals surface area contributed by atoms with Gasteiger partial charge in [0.1, 0.15) is 5.75 Å². The van der Waals surface area contributed by atoms with Gasteiger partial charge in [-0.2, -0.15) is 0 Å². The van der Waals surface area contributed by atoms with Crippen molar-refractivity contribution in [1.82, 2.24) is 0 Å². The van der Waals surface area contributed by atoms with Gasteiger partial charge in [0.05, 0.1) is 17.8 Å². The van der Waals surface area contributed by atoms with E-state index in [0.29, 0.717) is 11.6 Å². The first-order chi connectivity index (χ1) is 10.3. The van der Waals surface area contributed by atoms with Crippen LogP contribution in [-0.2, 0) is 6.54 Å². The normalized spacial score (nSPS) is 10.6. The number of hydrogen-bond acceptors (Lipinski definition) is 2. The van der Waals surface area contributed by atoms with E-state index in [1.165, 1.54) is 16.3 Å². The highest BCUT2D eigenvalue weighted by molar-refractivity contribution is 6.33. The number of anilines is 1. The number of benzene rings is 3. The van der Waals surface area contributed by atoms with Gasteiger partial charge in [-0.25, -0.2) is 0 Å². The zero-order chi connectivity index (χ0) is 14.7. The van der Waals surface area contributed by atoms with Crippen LogP contribution in [0.2, 0.25) is 5.02 Å². The van der Waals surface area contributed by atoms with E-state index in [1.54, 1.807) is 7.11 Å². The summed E-state index contributed by atoms with van der Waals surface area (Å²) >= 11 is 6.22. The second-order valence-electron chi connectivity index (χ2n) is 4.84. The average molecular weight is 298 g/mol. The number of fused-ring (bicyclic) bond motifs is 1. The summed E-state index contributed by atoms with van der Waals surface area (Å²) in [6, 6.07) is 20.3. The topological polar surface area (TPSA) is 21.3 Å². The lowest BCUT2D eigenvalue weighted by molar-refractivity contribution is 0.415. The molecule has 0 aliphatic rings. The number of ether oxygens (including phenoxy) is 1. The Bertz CT molecular complexity index is 765.